The molecule has 1 aliphatic rings. The normalized spacial score (nSPS) is 27.6. The zero-order chi connectivity index (χ0) is 12.9. The van der Waals surface area contributed by atoms with Gasteiger partial charge in [0.25, 0.3) is 0 Å². The Labute approximate surface area is 98.3 Å². The highest BCUT2D eigenvalue weighted by Gasteiger charge is 2.58. The van der Waals surface area contributed by atoms with Crippen LogP contribution in [0.2, 0.25) is 0 Å². The van der Waals surface area contributed by atoms with E-state index in [1.807, 2.05) is 12.1 Å². The molecule has 2 rings (SSSR count). The van der Waals surface area contributed by atoms with Crippen LogP contribution in [0.3, 0.4) is 0 Å². The predicted molar refractivity (Wildman–Crippen MR) is 58.8 cm³/mol. The van der Waals surface area contributed by atoms with Crippen LogP contribution < -0.4 is 0 Å². The van der Waals surface area contributed by atoms with Gasteiger partial charge in [0.05, 0.1) is 0 Å². The van der Waals surface area contributed by atoms with Crippen LogP contribution in [0.1, 0.15) is 31.4 Å². The Morgan fingerprint density at radius 2 is 1.76 bits per heavy atom. The predicted octanol–water partition coefficient (Wildman–Crippen LogP) is 3.20. The van der Waals surface area contributed by atoms with Crippen molar-refractivity contribution < 1.29 is 18.3 Å². The molecule has 0 saturated carbocycles. The van der Waals surface area contributed by atoms with Gasteiger partial charge in [0.1, 0.15) is 0 Å². The van der Waals surface area contributed by atoms with Gasteiger partial charge in [-0.05, 0) is 23.0 Å². The Bertz CT molecular complexity index is 437. The molecule has 1 N–H and O–H groups in total. The summed E-state index contributed by atoms with van der Waals surface area (Å²) in [4.78, 5) is 0. The summed E-state index contributed by atoms with van der Waals surface area (Å²) in [6, 6.07) is 7.02. The Hall–Kier alpha value is -1.03. The molecule has 0 aromatic heterocycles. The zero-order valence-corrected chi connectivity index (χ0v) is 9.80. The van der Waals surface area contributed by atoms with Crippen LogP contribution in [0, 0.1) is 0 Å². The maximum atomic E-state index is 12.9. The molecule has 0 aliphatic heterocycles. The van der Waals surface area contributed by atoms with E-state index in [1.54, 1.807) is 26.0 Å². The van der Waals surface area contributed by atoms with Gasteiger partial charge in [-0.3, -0.25) is 0 Å². The minimum absolute atomic E-state index is 0.291. The van der Waals surface area contributed by atoms with Crippen LogP contribution in [-0.4, -0.2) is 16.9 Å². The summed E-state index contributed by atoms with van der Waals surface area (Å²) < 4.78 is 38.7. The summed E-state index contributed by atoms with van der Waals surface area (Å²) >= 11 is 0. The lowest BCUT2D eigenvalue weighted by molar-refractivity contribution is -0.268. The third-order valence-electron chi connectivity index (χ3n) is 3.49. The fourth-order valence-corrected chi connectivity index (χ4v) is 2.74. The van der Waals surface area contributed by atoms with Crippen LogP contribution in [-0.2, 0) is 11.8 Å². The smallest absolute Gasteiger partial charge is 0.380 e. The Kier molecular flexibility index (Phi) is 2.54. The van der Waals surface area contributed by atoms with Gasteiger partial charge in [-0.1, -0.05) is 38.1 Å². The molecular formula is C13H15F3O. The van der Waals surface area contributed by atoms with Crippen LogP contribution in [0.15, 0.2) is 24.3 Å². The topological polar surface area (TPSA) is 20.2 Å². The molecule has 0 bridgehead atoms. The van der Waals surface area contributed by atoms with Gasteiger partial charge in [-0.15, -0.1) is 0 Å². The first-order valence-corrected chi connectivity index (χ1v) is 5.53. The summed E-state index contributed by atoms with van der Waals surface area (Å²) in [5.74, 6) is 0. The van der Waals surface area contributed by atoms with Crippen molar-refractivity contribution in [2.24, 2.45) is 0 Å². The molecule has 0 amide bonds. The van der Waals surface area contributed by atoms with Crippen molar-refractivity contribution in [3.63, 3.8) is 0 Å². The maximum Gasteiger partial charge on any atom is 0.417 e. The van der Waals surface area contributed by atoms with Gasteiger partial charge < -0.3 is 5.11 Å². The second-order valence-corrected chi connectivity index (χ2v) is 5.42. The van der Waals surface area contributed by atoms with Crippen molar-refractivity contribution in [3.8, 4) is 0 Å². The van der Waals surface area contributed by atoms with E-state index >= 15 is 0 Å². The molecule has 0 heterocycles. The first kappa shape index (κ1) is 12.4. The highest BCUT2D eigenvalue weighted by atomic mass is 19.4. The average Bonchev–Trinajstić information content (AvgIpc) is 2.14. The second kappa shape index (κ2) is 3.48. The Morgan fingerprint density at radius 3 is 2.35 bits per heavy atom. The van der Waals surface area contributed by atoms with Crippen molar-refractivity contribution in [2.75, 3.05) is 0 Å². The zero-order valence-electron chi connectivity index (χ0n) is 9.80. The molecule has 0 spiro atoms. The van der Waals surface area contributed by atoms with Gasteiger partial charge in [0.15, 0.2) is 5.60 Å². The average molecular weight is 244 g/mol. The monoisotopic (exact) mass is 244 g/mol. The molecule has 17 heavy (non-hydrogen) atoms. The summed E-state index contributed by atoms with van der Waals surface area (Å²) in [6.45, 7) is 3.48. The molecule has 0 radical (unpaired) electrons. The quantitative estimate of drug-likeness (QED) is 0.743. The van der Waals surface area contributed by atoms with Crippen molar-refractivity contribution >= 4 is 0 Å². The van der Waals surface area contributed by atoms with E-state index in [0.717, 1.165) is 5.56 Å². The van der Waals surface area contributed by atoms with Gasteiger partial charge in [0.2, 0.25) is 0 Å². The van der Waals surface area contributed by atoms with Crippen LogP contribution in [0.4, 0.5) is 13.2 Å². The lowest BCUT2D eigenvalue weighted by Gasteiger charge is -2.43. The van der Waals surface area contributed by atoms with Crippen molar-refractivity contribution in [3.05, 3.63) is 35.4 Å². The van der Waals surface area contributed by atoms with Crippen molar-refractivity contribution in [1.82, 2.24) is 0 Å². The number of hydrogen-bond donors (Lipinski definition) is 1. The van der Waals surface area contributed by atoms with Gasteiger partial charge in [-0.2, -0.15) is 13.2 Å². The molecule has 0 saturated heterocycles. The summed E-state index contributed by atoms with van der Waals surface area (Å²) in [6.07, 6.45) is -5.23. The molecule has 94 valence electrons. The number of halogens is 3. The van der Waals surface area contributed by atoms with E-state index in [-0.39, 0.29) is 12.8 Å². The number of fused-ring (bicyclic) bond motifs is 1. The SMILES string of the molecule is CC1(C)CC(O)(C(F)(F)F)Cc2ccccc21. The van der Waals surface area contributed by atoms with E-state index in [2.05, 4.69) is 0 Å². The lowest BCUT2D eigenvalue weighted by Crippen LogP contribution is -2.53. The first-order valence-electron chi connectivity index (χ1n) is 5.53. The highest BCUT2D eigenvalue weighted by molar-refractivity contribution is 5.38. The minimum Gasteiger partial charge on any atom is -0.380 e. The summed E-state index contributed by atoms with van der Waals surface area (Å²) in [5.41, 5.74) is -1.79. The fraction of sp³-hybridized carbons (Fsp3) is 0.538. The lowest BCUT2D eigenvalue weighted by atomic mass is 9.66. The largest absolute Gasteiger partial charge is 0.417 e. The molecule has 1 unspecified atom stereocenters. The minimum atomic E-state index is -4.59. The van der Waals surface area contributed by atoms with E-state index in [1.165, 1.54) is 0 Å². The third-order valence-corrected chi connectivity index (χ3v) is 3.49. The summed E-state index contributed by atoms with van der Waals surface area (Å²) in [5, 5.41) is 9.87. The van der Waals surface area contributed by atoms with Crippen LogP contribution in [0.25, 0.3) is 0 Å². The summed E-state index contributed by atoms with van der Waals surface area (Å²) in [7, 11) is 0. The van der Waals surface area contributed by atoms with Gasteiger partial charge in [-0.25, -0.2) is 0 Å². The molecule has 0 fully saturated rings. The molecule has 1 aliphatic carbocycles. The standard InChI is InChI=1S/C13H15F3O/c1-11(2)8-12(17,13(14,15)16)7-9-5-3-4-6-10(9)11/h3-6,17H,7-8H2,1-2H3. The third kappa shape index (κ3) is 1.95. The van der Waals surface area contributed by atoms with E-state index in [9.17, 15) is 18.3 Å². The molecule has 4 heteroatoms. The Morgan fingerprint density at radius 1 is 1.18 bits per heavy atom. The van der Waals surface area contributed by atoms with Crippen molar-refractivity contribution in [2.45, 2.75) is 43.9 Å². The Balaban J connectivity index is 2.51. The first-order chi connectivity index (χ1) is 7.66. The van der Waals surface area contributed by atoms with E-state index in [4.69, 9.17) is 0 Å². The number of aliphatic hydroxyl groups is 1. The van der Waals surface area contributed by atoms with Gasteiger partial charge in [0, 0.05) is 6.42 Å². The van der Waals surface area contributed by atoms with Gasteiger partial charge >= 0.3 is 6.18 Å². The molecule has 1 nitrogen and oxygen atoms in total. The number of benzene rings is 1. The van der Waals surface area contributed by atoms with E-state index in [0.29, 0.717) is 5.56 Å². The van der Waals surface area contributed by atoms with Crippen LogP contribution >= 0.6 is 0 Å². The fourth-order valence-electron chi connectivity index (χ4n) is 2.74. The van der Waals surface area contributed by atoms with Crippen molar-refractivity contribution in [1.29, 1.82) is 0 Å². The number of alkyl halides is 3. The van der Waals surface area contributed by atoms with Crippen LogP contribution in [0.5, 0.6) is 0 Å². The van der Waals surface area contributed by atoms with E-state index < -0.39 is 17.2 Å². The maximum absolute atomic E-state index is 12.9. The number of rotatable bonds is 0. The molecular weight excluding hydrogens is 229 g/mol. The molecule has 1 aromatic carbocycles. The molecule has 1 atom stereocenters. The number of hydrogen-bond acceptors (Lipinski definition) is 1. The molecule has 1 aromatic rings. The highest BCUT2D eigenvalue weighted by Crippen LogP contribution is 2.47. The second-order valence-electron chi connectivity index (χ2n) is 5.42.